The molecule has 0 aliphatic rings. The van der Waals surface area contributed by atoms with Gasteiger partial charge in [0.2, 0.25) is 0 Å². The zero-order valence-electron chi connectivity index (χ0n) is 13.4. The molecular weight excluding hydrogens is 396 g/mol. The molecule has 0 aliphatic carbocycles. The molecule has 0 aliphatic heterocycles. The first-order chi connectivity index (χ1) is 12.2. The lowest BCUT2D eigenvalue weighted by Crippen LogP contribution is -2.18. The maximum Gasteiger partial charge on any atom is 0.417 e. The van der Waals surface area contributed by atoms with E-state index in [9.17, 15) is 18.0 Å². The number of carbonyl (C=O) groups excluding carboxylic acids is 1. The van der Waals surface area contributed by atoms with Gasteiger partial charge in [0, 0.05) is 17.3 Å². The zero-order chi connectivity index (χ0) is 19.5. The van der Waals surface area contributed by atoms with Crippen LogP contribution in [0, 0.1) is 0 Å². The summed E-state index contributed by atoms with van der Waals surface area (Å²) in [5.74, 6) is -0.808. The summed E-state index contributed by atoms with van der Waals surface area (Å²) in [7, 11) is 2.38. The summed E-state index contributed by atoms with van der Waals surface area (Å²) >= 11 is 12.0. The summed E-state index contributed by atoms with van der Waals surface area (Å²) in [6, 6.07) is 5.09. The van der Waals surface area contributed by atoms with Crippen LogP contribution in [0.25, 0.3) is 11.3 Å². The molecule has 1 aromatic heterocycles. The number of alkyl halides is 3. The summed E-state index contributed by atoms with van der Waals surface area (Å²) in [5, 5.41) is 3.52. The summed E-state index contributed by atoms with van der Waals surface area (Å²) in [4.78, 5) is 20.3. The minimum atomic E-state index is -4.57. The Morgan fingerprint density at radius 1 is 1.15 bits per heavy atom. The maximum absolute atomic E-state index is 12.7. The summed E-state index contributed by atoms with van der Waals surface area (Å²) < 4.78 is 42.8. The smallest absolute Gasteiger partial charge is 0.417 e. The van der Waals surface area contributed by atoms with Crippen LogP contribution in [0.2, 0.25) is 10.0 Å². The number of ether oxygens (including phenoxy) is 1. The maximum atomic E-state index is 12.7. The number of halogens is 5. The molecule has 0 radical (unpaired) electrons. The third kappa shape index (κ3) is 4.25. The van der Waals surface area contributed by atoms with E-state index in [1.54, 1.807) is 0 Å². The molecule has 10 heteroatoms. The lowest BCUT2D eigenvalue weighted by atomic mass is 10.0. The highest BCUT2D eigenvalue weighted by Gasteiger charge is 2.31. The van der Waals surface area contributed by atoms with Crippen molar-refractivity contribution >= 4 is 34.9 Å². The Kier molecular flexibility index (Phi) is 6.09. The molecule has 0 atom stereocenters. The monoisotopic (exact) mass is 406 g/mol. The van der Waals surface area contributed by atoms with Crippen LogP contribution in [0.1, 0.15) is 11.1 Å². The number of hydrogen-bond acceptors (Lipinski definition) is 5. The van der Waals surface area contributed by atoms with Gasteiger partial charge in [0.25, 0.3) is 0 Å². The summed E-state index contributed by atoms with van der Waals surface area (Å²) in [5.41, 5.74) is -0.632. The quantitative estimate of drug-likeness (QED) is 0.423. The molecule has 0 unspecified atom stereocenters. The second-order valence-electron chi connectivity index (χ2n) is 4.86. The minimum absolute atomic E-state index is 0.0826. The SMILES string of the molecule is CON=C(C(=O)OC)c1cc(-c2ncc(C(F)(F)F)cc2Cl)ccc1Cl. The number of esters is 1. The van der Waals surface area contributed by atoms with E-state index < -0.39 is 17.7 Å². The van der Waals surface area contributed by atoms with Crippen molar-refractivity contribution in [1.29, 1.82) is 0 Å². The number of carbonyl (C=O) groups is 1. The van der Waals surface area contributed by atoms with Gasteiger partial charge in [-0.25, -0.2) is 4.79 Å². The Balaban J connectivity index is 2.57. The summed E-state index contributed by atoms with van der Waals surface area (Å²) in [6.45, 7) is 0. The zero-order valence-corrected chi connectivity index (χ0v) is 14.9. The van der Waals surface area contributed by atoms with Gasteiger partial charge in [0.15, 0.2) is 5.71 Å². The van der Waals surface area contributed by atoms with E-state index >= 15 is 0 Å². The van der Waals surface area contributed by atoms with Crippen molar-refractivity contribution in [3.8, 4) is 11.3 Å². The molecule has 0 bridgehead atoms. The molecule has 0 spiro atoms. The van der Waals surface area contributed by atoms with Crippen LogP contribution in [-0.4, -0.2) is 30.9 Å². The second kappa shape index (κ2) is 7.92. The van der Waals surface area contributed by atoms with Crippen molar-refractivity contribution in [2.75, 3.05) is 14.2 Å². The van der Waals surface area contributed by atoms with E-state index in [-0.39, 0.29) is 27.0 Å². The highest BCUT2D eigenvalue weighted by atomic mass is 35.5. The molecule has 138 valence electrons. The number of oxime groups is 1. The Morgan fingerprint density at radius 3 is 2.38 bits per heavy atom. The Labute approximate surface area is 156 Å². The van der Waals surface area contributed by atoms with Crippen LogP contribution in [0.5, 0.6) is 0 Å². The molecule has 0 fully saturated rings. The predicted molar refractivity (Wildman–Crippen MR) is 90.3 cm³/mol. The van der Waals surface area contributed by atoms with Crippen molar-refractivity contribution < 1.29 is 27.5 Å². The Morgan fingerprint density at radius 2 is 1.85 bits per heavy atom. The predicted octanol–water partition coefficient (Wildman–Crippen LogP) is 4.60. The molecule has 0 amide bonds. The van der Waals surface area contributed by atoms with Crippen molar-refractivity contribution in [3.63, 3.8) is 0 Å². The Bertz CT molecular complexity index is 870. The van der Waals surface area contributed by atoms with E-state index in [4.69, 9.17) is 23.2 Å². The van der Waals surface area contributed by atoms with Gasteiger partial charge in [-0.1, -0.05) is 34.4 Å². The molecule has 2 aromatic rings. The van der Waals surface area contributed by atoms with Gasteiger partial charge in [-0.15, -0.1) is 0 Å². The standard InChI is InChI=1S/C16H11Cl2F3N2O3/c1-25-15(24)14(23-26-2)10-5-8(3-4-11(10)17)13-12(18)6-9(7-22-13)16(19,20)21/h3-7H,1-2H3. The van der Waals surface area contributed by atoms with Gasteiger partial charge in [0.05, 0.1) is 28.4 Å². The number of rotatable bonds is 4. The third-order valence-corrected chi connectivity index (χ3v) is 3.84. The van der Waals surface area contributed by atoms with E-state index in [2.05, 4.69) is 19.7 Å². The van der Waals surface area contributed by atoms with Gasteiger partial charge in [-0.2, -0.15) is 13.2 Å². The van der Waals surface area contributed by atoms with Crippen LogP contribution in [-0.2, 0) is 20.5 Å². The molecule has 1 heterocycles. The molecule has 5 nitrogen and oxygen atoms in total. The third-order valence-electron chi connectivity index (χ3n) is 3.22. The number of aromatic nitrogens is 1. The number of benzene rings is 1. The highest BCUT2D eigenvalue weighted by molar-refractivity contribution is 6.47. The lowest BCUT2D eigenvalue weighted by molar-refractivity contribution is -0.137. The number of hydrogen-bond donors (Lipinski definition) is 0. The van der Waals surface area contributed by atoms with Crippen LogP contribution in [0.15, 0.2) is 35.6 Å². The van der Waals surface area contributed by atoms with Gasteiger partial charge < -0.3 is 9.57 Å². The van der Waals surface area contributed by atoms with Crippen LogP contribution in [0.3, 0.4) is 0 Å². The van der Waals surface area contributed by atoms with E-state index in [0.717, 1.165) is 13.2 Å². The highest BCUT2D eigenvalue weighted by Crippen LogP contribution is 2.35. The van der Waals surface area contributed by atoms with Crippen molar-refractivity contribution in [1.82, 2.24) is 4.98 Å². The topological polar surface area (TPSA) is 60.8 Å². The van der Waals surface area contributed by atoms with Crippen LogP contribution < -0.4 is 0 Å². The van der Waals surface area contributed by atoms with Gasteiger partial charge in [-0.3, -0.25) is 4.98 Å². The fourth-order valence-corrected chi connectivity index (χ4v) is 2.53. The number of nitrogens with zero attached hydrogens (tertiary/aromatic N) is 2. The van der Waals surface area contributed by atoms with Crippen LogP contribution >= 0.6 is 23.2 Å². The van der Waals surface area contributed by atoms with E-state index in [0.29, 0.717) is 11.8 Å². The molecule has 2 rings (SSSR count). The second-order valence-corrected chi connectivity index (χ2v) is 5.68. The average Bonchev–Trinajstić information content (AvgIpc) is 2.59. The lowest BCUT2D eigenvalue weighted by Gasteiger charge is -2.11. The Hall–Kier alpha value is -2.32. The van der Waals surface area contributed by atoms with Crippen molar-refractivity contribution in [2.24, 2.45) is 5.16 Å². The van der Waals surface area contributed by atoms with Crippen molar-refractivity contribution in [2.45, 2.75) is 6.18 Å². The first-order valence-electron chi connectivity index (χ1n) is 6.91. The fourth-order valence-electron chi connectivity index (χ4n) is 2.04. The molecule has 0 saturated carbocycles. The van der Waals surface area contributed by atoms with Gasteiger partial charge in [0.1, 0.15) is 7.11 Å². The van der Waals surface area contributed by atoms with E-state index in [1.165, 1.54) is 25.3 Å². The largest absolute Gasteiger partial charge is 0.464 e. The van der Waals surface area contributed by atoms with Crippen LogP contribution in [0.4, 0.5) is 13.2 Å². The molecular formula is C16H11Cl2F3N2O3. The normalized spacial score (nSPS) is 12.0. The van der Waals surface area contributed by atoms with Gasteiger partial charge >= 0.3 is 12.1 Å². The molecule has 26 heavy (non-hydrogen) atoms. The number of pyridine rings is 1. The molecule has 0 saturated heterocycles. The molecule has 1 aromatic carbocycles. The minimum Gasteiger partial charge on any atom is -0.464 e. The van der Waals surface area contributed by atoms with Gasteiger partial charge in [-0.05, 0) is 18.2 Å². The summed E-state index contributed by atoms with van der Waals surface area (Å²) in [6.07, 6.45) is -3.90. The first kappa shape index (κ1) is 20.0. The molecule has 0 N–H and O–H groups in total. The first-order valence-corrected chi connectivity index (χ1v) is 7.67. The van der Waals surface area contributed by atoms with Crippen molar-refractivity contribution in [3.05, 3.63) is 51.6 Å². The van der Waals surface area contributed by atoms with E-state index in [1.807, 2.05) is 0 Å². The number of methoxy groups -OCH3 is 1. The average molecular weight is 407 g/mol. The fraction of sp³-hybridized carbons (Fsp3) is 0.188.